The van der Waals surface area contributed by atoms with Crippen LogP contribution in [-0.2, 0) is 41.9 Å². The maximum Gasteiger partial charge on any atom is 0.248 e. The first-order valence-electron chi connectivity index (χ1n) is 14.3. The number of carbonyl (C=O) groups is 6. The summed E-state index contributed by atoms with van der Waals surface area (Å²) in [6, 6.07) is 3.82. The molecule has 4 saturated heterocycles. The predicted octanol–water partition coefficient (Wildman–Crippen LogP) is -2.69. The molecule has 14 heteroatoms. The number of amides is 6. The van der Waals surface area contributed by atoms with Crippen molar-refractivity contribution in [2.24, 2.45) is 0 Å². The minimum atomic E-state index is -1.06. The van der Waals surface area contributed by atoms with Crippen LogP contribution in [0.5, 0.6) is 0 Å². The van der Waals surface area contributed by atoms with E-state index in [1.165, 1.54) is 9.80 Å². The smallest absolute Gasteiger partial charge is 0.248 e. The molecule has 1 aromatic carbocycles. The van der Waals surface area contributed by atoms with E-state index in [1.807, 2.05) is 0 Å². The molecule has 0 saturated carbocycles. The Hall–Kier alpha value is -4.04. The Balaban J connectivity index is 1.09. The zero-order chi connectivity index (χ0) is 30.0. The van der Waals surface area contributed by atoms with E-state index < -0.39 is 49.2 Å². The van der Waals surface area contributed by atoms with Gasteiger partial charge in [0.15, 0.2) is 0 Å². The molecule has 0 radical (unpaired) electrons. The van der Waals surface area contributed by atoms with Crippen LogP contribution in [-0.4, -0.2) is 129 Å². The van der Waals surface area contributed by atoms with Crippen molar-refractivity contribution in [3.8, 4) is 0 Å². The molecule has 0 spiro atoms. The van der Waals surface area contributed by atoms with Crippen molar-refractivity contribution in [1.82, 2.24) is 30.2 Å². The Labute approximate surface area is 242 Å². The van der Waals surface area contributed by atoms with Gasteiger partial charge in [-0.25, -0.2) is 0 Å². The van der Waals surface area contributed by atoms with Crippen LogP contribution in [0.4, 0.5) is 0 Å². The van der Waals surface area contributed by atoms with Gasteiger partial charge in [-0.3, -0.25) is 28.8 Å². The van der Waals surface area contributed by atoms with Gasteiger partial charge in [0.2, 0.25) is 35.4 Å². The van der Waals surface area contributed by atoms with Gasteiger partial charge in [0.1, 0.15) is 37.3 Å². The Morgan fingerprint density at radius 3 is 1.40 bits per heavy atom. The predicted molar refractivity (Wildman–Crippen MR) is 145 cm³/mol. The van der Waals surface area contributed by atoms with Gasteiger partial charge >= 0.3 is 0 Å². The van der Waals surface area contributed by atoms with Crippen LogP contribution in [0.3, 0.4) is 0 Å². The van der Waals surface area contributed by atoms with Crippen molar-refractivity contribution in [3.05, 3.63) is 35.4 Å². The quantitative estimate of drug-likeness (QED) is 0.229. The summed E-state index contributed by atoms with van der Waals surface area (Å²) in [5, 5.41) is 24.9. The summed E-state index contributed by atoms with van der Waals surface area (Å²) >= 11 is 0. The van der Waals surface area contributed by atoms with Crippen LogP contribution >= 0.6 is 0 Å². The molecule has 0 bridgehead atoms. The zero-order valence-electron chi connectivity index (χ0n) is 23.2. The highest BCUT2D eigenvalue weighted by Crippen LogP contribution is 2.28. The number of benzene rings is 1. The van der Waals surface area contributed by atoms with E-state index in [2.05, 4.69) is 10.6 Å². The molecule has 0 aromatic heterocycles. The lowest BCUT2D eigenvalue weighted by Crippen LogP contribution is -2.65. The molecule has 226 valence electrons. The second kappa shape index (κ2) is 12.4. The molecule has 4 aliphatic heterocycles. The Morgan fingerprint density at radius 2 is 1.05 bits per heavy atom. The second-order valence-electron chi connectivity index (χ2n) is 11.1. The molecule has 4 heterocycles. The Kier molecular flexibility index (Phi) is 8.73. The van der Waals surface area contributed by atoms with Crippen LogP contribution in [0, 0.1) is 0 Å². The van der Waals surface area contributed by atoms with Gasteiger partial charge in [-0.1, -0.05) is 24.3 Å². The number of hydrogen-bond acceptors (Lipinski definition) is 8. The third-order valence-corrected chi connectivity index (χ3v) is 8.51. The van der Waals surface area contributed by atoms with Gasteiger partial charge in [-0.2, -0.15) is 0 Å². The van der Waals surface area contributed by atoms with Crippen LogP contribution in [0.2, 0.25) is 0 Å². The van der Waals surface area contributed by atoms with Crippen molar-refractivity contribution in [1.29, 1.82) is 0 Å². The normalized spacial score (nSPS) is 25.6. The lowest BCUT2D eigenvalue weighted by Gasteiger charge is -2.41. The van der Waals surface area contributed by atoms with Crippen LogP contribution < -0.4 is 10.6 Å². The number of aliphatic hydroxyl groups is 2. The molecular weight excluding hydrogens is 548 g/mol. The minimum absolute atomic E-state index is 0.173. The van der Waals surface area contributed by atoms with Crippen LogP contribution in [0.1, 0.15) is 36.8 Å². The number of piperazine rings is 2. The maximum atomic E-state index is 12.9. The average molecular weight is 585 g/mol. The molecule has 14 nitrogen and oxygen atoms in total. The van der Waals surface area contributed by atoms with E-state index in [0.717, 1.165) is 20.9 Å². The summed E-state index contributed by atoms with van der Waals surface area (Å²) < 4.78 is 0. The van der Waals surface area contributed by atoms with Crippen LogP contribution in [0.25, 0.3) is 0 Å². The van der Waals surface area contributed by atoms with Gasteiger partial charge in [0.05, 0.1) is 13.2 Å². The molecular formula is C28H36N6O8. The standard InChI is InChI=1S/C28H36N6O8/c35-15-21-27(41)31-9-1-3-19(31)25(39)33(21)13-23(37)29-11-17-5-7-18(8-6-17)12-30-24(38)14-34-22(16-36)28(42)32-10-2-4-20(32)26(34)40/h5-8,19-22,35-36H,1-4,9-16H2,(H,29,37)(H,30,38). The highest BCUT2D eigenvalue weighted by molar-refractivity contribution is 6.00. The highest BCUT2D eigenvalue weighted by Gasteiger charge is 2.49. The average Bonchev–Trinajstić information content (AvgIpc) is 3.68. The zero-order valence-corrected chi connectivity index (χ0v) is 23.2. The molecule has 6 amide bonds. The molecule has 42 heavy (non-hydrogen) atoms. The molecule has 4 N–H and O–H groups in total. The summed E-state index contributed by atoms with van der Waals surface area (Å²) in [6.45, 7) is -0.447. The van der Waals surface area contributed by atoms with Crippen molar-refractivity contribution in [3.63, 3.8) is 0 Å². The SMILES string of the molecule is O=C(CN1C(=O)C2CCCN2C(=O)C1CO)NCc1ccc(CNC(=O)CN2C(=O)C3CCCN3C(=O)C2CO)cc1. The van der Waals surface area contributed by atoms with Gasteiger partial charge in [-0.15, -0.1) is 0 Å². The van der Waals surface area contributed by atoms with Gasteiger partial charge in [0.25, 0.3) is 0 Å². The van der Waals surface area contributed by atoms with E-state index in [1.54, 1.807) is 24.3 Å². The number of nitrogens with zero attached hydrogens (tertiary/aromatic N) is 4. The molecule has 4 unspecified atom stereocenters. The maximum absolute atomic E-state index is 12.9. The first-order valence-corrected chi connectivity index (χ1v) is 14.3. The first-order chi connectivity index (χ1) is 20.2. The van der Waals surface area contributed by atoms with E-state index in [9.17, 15) is 39.0 Å². The molecule has 4 atom stereocenters. The van der Waals surface area contributed by atoms with Gasteiger partial charge in [-0.05, 0) is 36.8 Å². The van der Waals surface area contributed by atoms with E-state index >= 15 is 0 Å². The highest BCUT2D eigenvalue weighted by atomic mass is 16.3. The molecule has 1 aromatic rings. The topological polar surface area (TPSA) is 180 Å². The van der Waals surface area contributed by atoms with Crippen molar-refractivity contribution in [2.75, 3.05) is 39.4 Å². The fourth-order valence-electron chi connectivity index (χ4n) is 6.24. The monoisotopic (exact) mass is 584 g/mol. The van der Waals surface area contributed by atoms with Gasteiger partial charge in [0, 0.05) is 26.2 Å². The van der Waals surface area contributed by atoms with Gasteiger partial charge < -0.3 is 40.4 Å². The van der Waals surface area contributed by atoms with E-state index in [0.29, 0.717) is 38.8 Å². The number of fused-ring (bicyclic) bond motifs is 2. The van der Waals surface area contributed by atoms with Crippen molar-refractivity contribution < 1.29 is 39.0 Å². The first kappa shape index (κ1) is 29.5. The van der Waals surface area contributed by atoms with Crippen molar-refractivity contribution >= 4 is 35.4 Å². The summed E-state index contributed by atoms with van der Waals surface area (Å²) in [7, 11) is 0. The lowest BCUT2D eigenvalue weighted by atomic mass is 10.1. The number of hydrogen-bond donors (Lipinski definition) is 4. The lowest BCUT2D eigenvalue weighted by molar-refractivity contribution is -0.162. The molecule has 5 rings (SSSR count). The number of nitrogens with one attached hydrogen (secondary N) is 2. The molecule has 0 aliphatic carbocycles. The number of aliphatic hydroxyl groups excluding tert-OH is 2. The Morgan fingerprint density at radius 1 is 0.667 bits per heavy atom. The Bertz CT molecular complexity index is 1160. The summed E-state index contributed by atoms with van der Waals surface area (Å²) in [4.78, 5) is 81.6. The summed E-state index contributed by atoms with van der Waals surface area (Å²) in [6.07, 6.45) is 2.52. The van der Waals surface area contributed by atoms with Crippen molar-refractivity contribution in [2.45, 2.75) is 62.9 Å². The molecule has 4 aliphatic rings. The fourth-order valence-corrected chi connectivity index (χ4v) is 6.24. The molecule has 4 fully saturated rings. The largest absolute Gasteiger partial charge is 0.394 e. The number of rotatable bonds is 10. The minimum Gasteiger partial charge on any atom is -0.394 e. The fraction of sp³-hybridized carbons (Fsp3) is 0.571. The number of carbonyl (C=O) groups excluding carboxylic acids is 6. The third-order valence-electron chi connectivity index (χ3n) is 8.51. The van der Waals surface area contributed by atoms with E-state index in [4.69, 9.17) is 0 Å². The third kappa shape index (κ3) is 5.68. The summed E-state index contributed by atoms with van der Waals surface area (Å²) in [5.41, 5.74) is 1.54. The second-order valence-corrected chi connectivity index (χ2v) is 11.1. The van der Waals surface area contributed by atoms with Crippen LogP contribution in [0.15, 0.2) is 24.3 Å². The van der Waals surface area contributed by atoms with E-state index in [-0.39, 0.29) is 49.8 Å². The summed E-state index contributed by atoms with van der Waals surface area (Å²) in [5.74, 6) is -2.22.